The Morgan fingerprint density at radius 3 is 2.92 bits per heavy atom. The highest BCUT2D eigenvalue weighted by Gasteiger charge is 2.19. The van der Waals surface area contributed by atoms with Gasteiger partial charge in [0.25, 0.3) is 0 Å². The molecule has 0 saturated carbocycles. The topological polar surface area (TPSA) is 35.2 Å². The normalized spacial score (nSPS) is 16.7. The van der Waals surface area contributed by atoms with Gasteiger partial charge in [0.15, 0.2) is 0 Å². The van der Waals surface area contributed by atoms with E-state index in [1.165, 1.54) is 0 Å². The molecule has 2 N–H and O–H groups in total. The van der Waals surface area contributed by atoms with Crippen LogP contribution in [0.4, 0.5) is 0 Å². The van der Waals surface area contributed by atoms with E-state index in [9.17, 15) is 0 Å². The number of ether oxygens (including phenoxy) is 1. The lowest BCUT2D eigenvalue weighted by atomic mass is 10.2. The molecule has 0 aliphatic carbocycles. The smallest absolute Gasteiger partial charge is 0.120 e. The Labute approximate surface area is 82.5 Å². The molecule has 1 aliphatic rings. The van der Waals surface area contributed by atoms with Gasteiger partial charge in [0.2, 0.25) is 0 Å². The van der Waals surface area contributed by atoms with Crippen LogP contribution in [0.25, 0.3) is 0 Å². The Balaban J connectivity index is 2.01. The van der Waals surface area contributed by atoms with Crippen molar-refractivity contribution in [2.24, 2.45) is 5.73 Å². The first-order valence-corrected chi connectivity index (χ1v) is 5.57. The Morgan fingerprint density at radius 2 is 2.31 bits per heavy atom. The molecule has 1 aromatic carbocycles. The van der Waals surface area contributed by atoms with Gasteiger partial charge < -0.3 is 10.5 Å². The van der Waals surface area contributed by atoms with Gasteiger partial charge in [-0.05, 0) is 17.7 Å². The van der Waals surface area contributed by atoms with Crippen molar-refractivity contribution in [3.8, 4) is 5.75 Å². The fourth-order valence-electron chi connectivity index (χ4n) is 1.22. The van der Waals surface area contributed by atoms with Crippen LogP contribution < -0.4 is 10.5 Å². The predicted octanol–water partition coefficient (Wildman–Crippen LogP) is 1.64. The molecule has 3 heteroatoms. The lowest BCUT2D eigenvalue weighted by Crippen LogP contribution is -2.31. The van der Waals surface area contributed by atoms with Crippen LogP contribution in [0, 0.1) is 0 Å². The largest absolute Gasteiger partial charge is 0.489 e. The molecule has 0 bridgehead atoms. The average Bonchev–Trinajstić information content (AvgIpc) is 2.12. The Morgan fingerprint density at radius 1 is 1.46 bits per heavy atom. The summed E-state index contributed by atoms with van der Waals surface area (Å²) in [6, 6.07) is 8.01. The number of nitrogens with two attached hydrogens (primary N) is 1. The van der Waals surface area contributed by atoms with Crippen molar-refractivity contribution in [1.29, 1.82) is 0 Å². The maximum atomic E-state index is 5.72. The summed E-state index contributed by atoms with van der Waals surface area (Å²) >= 11 is 1.92. The lowest BCUT2D eigenvalue weighted by Gasteiger charge is -2.25. The molecule has 1 heterocycles. The highest BCUT2D eigenvalue weighted by molar-refractivity contribution is 8.00. The number of hydrogen-bond acceptors (Lipinski definition) is 3. The van der Waals surface area contributed by atoms with E-state index in [0.29, 0.717) is 12.6 Å². The van der Waals surface area contributed by atoms with E-state index >= 15 is 0 Å². The van der Waals surface area contributed by atoms with Crippen LogP contribution in [0.5, 0.6) is 5.75 Å². The second-order valence-electron chi connectivity index (χ2n) is 3.13. The summed E-state index contributed by atoms with van der Waals surface area (Å²) in [5.74, 6) is 3.19. The summed E-state index contributed by atoms with van der Waals surface area (Å²) in [4.78, 5) is 0. The summed E-state index contributed by atoms with van der Waals surface area (Å²) in [6.07, 6.45) is 0.415. The first kappa shape index (κ1) is 8.91. The maximum Gasteiger partial charge on any atom is 0.120 e. The molecule has 13 heavy (non-hydrogen) atoms. The third-order valence-corrected chi connectivity index (χ3v) is 3.26. The third kappa shape index (κ3) is 2.17. The minimum atomic E-state index is 0.415. The average molecular weight is 195 g/mol. The van der Waals surface area contributed by atoms with Gasteiger partial charge >= 0.3 is 0 Å². The molecule has 1 aliphatic heterocycles. The third-order valence-electron chi connectivity index (χ3n) is 2.04. The SMILES string of the molecule is NCc1cccc(OC2CSC2)c1. The van der Waals surface area contributed by atoms with Gasteiger partial charge in [-0.25, -0.2) is 0 Å². The standard InChI is InChI=1S/C10H13NOS/c11-5-8-2-1-3-9(4-8)12-10-6-13-7-10/h1-4,10H,5-7,11H2. The van der Waals surface area contributed by atoms with Gasteiger partial charge in [-0.15, -0.1) is 0 Å². The van der Waals surface area contributed by atoms with Crippen molar-refractivity contribution in [1.82, 2.24) is 0 Å². The molecule has 1 saturated heterocycles. The summed E-state index contributed by atoms with van der Waals surface area (Å²) < 4.78 is 5.72. The van der Waals surface area contributed by atoms with Gasteiger partial charge in [0.1, 0.15) is 11.9 Å². The van der Waals surface area contributed by atoms with Crippen molar-refractivity contribution >= 4 is 11.8 Å². The number of thioether (sulfide) groups is 1. The molecule has 1 aromatic rings. The van der Waals surface area contributed by atoms with Crippen molar-refractivity contribution in [2.75, 3.05) is 11.5 Å². The van der Waals surface area contributed by atoms with Crippen molar-refractivity contribution in [3.05, 3.63) is 29.8 Å². The van der Waals surface area contributed by atoms with E-state index < -0.39 is 0 Å². The molecule has 0 radical (unpaired) electrons. The molecule has 0 atom stereocenters. The van der Waals surface area contributed by atoms with Crippen LogP contribution >= 0.6 is 11.8 Å². The molecule has 0 unspecified atom stereocenters. The molecular formula is C10H13NOS. The Kier molecular flexibility index (Phi) is 2.76. The first-order chi connectivity index (χ1) is 6.38. The summed E-state index contributed by atoms with van der Waals surface area (Å²) in [5, 5.41) is 0. The molecular weight excluding hydrogens is 182 g/mol. The molecule has 2 rings (SSSR count). The Hall–Kier alpha value is -0.670. The summed E-state index contributed by atoms with van der Waals surface area (Å²) in [7, 11) is 0. The van der Waals surface area contributed by atoms with Crippen molar-refractivity contribution in [3.63, 3.8) is 0 Å². The lowest BCUT2D eigenvalue weighted by molar-refractivity contribution is 0.240. The van der Waals surface area contributed by atoms with Crippen LogP contribution in [0.2, 0.25) is 0 Å². The van der Waals surface area contributed by atoms with Gasteiger partial charge in [0.05, 0.1) is 0 Å². The zero-order chi connectivity index (χ0) is 9.10. The van der Waals surface area contributed by atoms with Crippen molar-refractivity contribution in [2.45, 2.75) is 12.6 Å². The summed E-state index contributed by atoms with van der Waals surface area (Å²) in [6.45, 7) is 0.580. The van der Waals surface area contributed by atoms with Crippen molar-refractivity contribution < 1.29 is 4.74 Å². The van der Waals surface area contributed by atoms with Gasteiger partial charge in [-0.2, -0.15) is 11.8 Å². The molecule has 0 spiro atoms. The number of benzene rings is 1. The van der Waals surface area contributed by atoms with E-state index in [4.69, 9.17) is 10.5 Å². The molecule has 1 fully saturated rings. The second-order valence-corrected chi connectivity index (χ2v) is 4.20. The van der Waals surface area contributed by atoms with Crippen LogP contribution in [-0.2, 0) is 6.54 Å². The zero-order valence-electron chi connectivity index (χ0n) is 7.40. The summed E-state index contributed by atoms with van der Waals surface area (Å²) in [5.41, 5.74) is 6.67. The fraction of sp³-hybridized carbons (Fsp3) is 0.400. The van der Waals surface area contributed by atoms with Gasteiger partial charge in [-0.1, -0.05) is 12.1 Å². The van der Waals surface area contributed by atoms with Crippen LogP contribution in [0.3, 0.4) is 0 Å². The number of rotatable bonds is 3. The first-order valence-electron chi connectivity index (χ1n) is 4.42. The zero-order valence-corrected chi connectivity index (χ0v) is 8.22. The minimum absolute atomic E-state index is 0.415. The van der Waals surface area contributed by atoms with Gasteiger partial charge in [-0.3, -0.25) is 0 Å². The molecule has 2 nitrogen and oxygen atoms in total. The van der Waals surface area contributed by atoms with Gasteiger partial charge in [0, 0.05) is 18.1 Å². The predicted molar refractivity (Wildman–Crippen MR) is 56.1 cm³/mol. The highest BCUT2D eigenvalue weighted by atomic mass is 32.2. The van der Waals surface area contributed by atoms with E-state index in [1.807, 2.05) is 36.0 Å². The van der Waals surface area contributed by atoms with Crippen LogP contribution in [0.15, 0.2) is 24.3 Å². The van der Waals surface area contributed by atoms with E-state index in [2.05, 4.69) is 0 Å². The van der Waals surface area contributed by atoms with Crippen LogP contribution in [0.1, 0.15) is 5.56 Å². The monoisotopic (exact) mass is 195 g/mol. The number of hydrogen-bond donors (Lipinski definition) is 1. The van der Waals surface area contributed by atoms with E-state index in [-0.39, 0.29) is 0 Å². The van der Waals surface area contributed by atoms with E-state index in [1.54, 1.807) is 0 Å². The minimum Gasteiger partial charge on any atom is -0.489 e. The molecule has 0 amide bonds. The molecule has 0 aromatic heterocycles. The highest BCUT2D eigenvalue weighted by Crippen LogP contribution is 2.24. The van der Waals surface area contributed by atoms with Crippen LogP contribution in [-0.4, -0.2) is 17.6 Å². The molecule has 70 valence electrons. The Bertz CT molecular complexity index is 286. The van der Waals surface area contributed by atoms with E-state index in [0.717, 1.165) is 22.8 Å². The fourth-order valence-corrected chi connectivity index (χ4v) is 1.78. The second kappa shape index (κ2) is 4.03. The quantitative estimate of drug-likeness (QED) is 0.796. The maximum absolute atomic E-state index is 5.72.